The molecule has 1 amide bonds. The summed E-state index contributed by atoms with van der Waals surface area (Å²) in [5.41, 5.74) is 8.09. The third-order valence-corrected chi connectivity index (χ3v) is 6.74. The smallest absolute Gasteiger partial charge is 0.237 e. The van der Waals surface area contributed by atoms with Crippen LogP contribution in [0.2, 0.25) is 0 Å². The molecule has 9 atom stereocenters. The second-order valence-electron chi connectivity index (χ2n) is 8.00. The number of azide groups is 1. The second-order valence-corrected chi connectivity index (χ2v) is 8.94. The number of hydrogen-bond donors (Lipinski definition) is 4. The predicted octanol–water partition coefficient (Wildman–Crippen LogP) is 0.461. The van der Waals surface area contributed by atoms with Crippen molar-refractivity contribution in [3.63, 3.8) is 0 Å². The summed E-state index contributed by atoms with van der Waals surface area (Å²) in [7, 11) is 1.90. The number of carbonyl (C=O) groups is 1. The van der Waals surface area contributed by atoms with Crippen LogP contribution in [0, 0.1) is 5.92 Å². The minimum absolute atomic E-state index is 0.229. The van der Waals surface area contributed by atoms with Crippen molar-refractivity contribution in [3.05, 3.63) is 10.4 Å². The minimum atomic E-state index is -1.44. The molecule has 2 fully saturated rings. The van der Waals surface area contributed by atoms with Crippen LogP contribution in [0.4, 0.5) is 0 Å². The fourth-order valence-electron chi connectivity index (χ4n) is 4.29. The van der Waals surface area contributed by atoms with Crippen molar-refractivity contribution >= 4 is 17.7 Å². The average molecular weight is 432 g/mol. The van der Waals surface area contributed by atoms with Crippen molar-refractivity contribution in [2.24, 2.45) is 11.0 Å². The topological polar surface area (TPSA) is 151 Å². The Kier molecular flexibility index (Phi) is 9.02. The molecule has 10 nitrogen and oxygen atoms in total. The zero-order valence-corrected chi connectivity index (χ0v) is 18.2. The maximum Gasteiger partial charge on any atom is 0.237 e. The number of hydrogen-bond acceptors (Lipinski definition) is 8. The monoisotopic (exact) mass is 431 g/mol. The van der Waals surface area contributed by atoms with E-state index in [1.165, 1.54) is 11.8 Å². The lowest BCUT2D eigenvalue weighted by Gasteiger charge is -2.44. The van der Waals surface area contributed by atoms with E-state index >= 15 is 0 Å². The molecule has 0 aromatic rings. The van der Waals surface area contributed by atoms with Gasteiger partial charge in [0.05, 0.1) is 18.1 Å². The number of nitrogens with zero attached hydrogens (tertiary/aromatic N) is 4. The molecular weight excluding hydrogens is 398 g/mol. The number of aliphatic hydroxyl groups excluding tert-OH is 3. The first kappa shape index (κ1) is 24.2. The molecule has 0 saturated carbocycles. The summed E-state index contributed by atoms with van der Waals surface area (Å²) in [5, 5.41) is 37.4. The summed E-state index contributed by atoms with van der Waals surface area (Å²) < 4.78 is 5.80. The van der Waals surface area contributed by atoms with Crippen LogP contribution in [0.15, 0.2) is 5.11 Å². The number of amides is 1. The number of likely N-dealkylation sites (N-methyl/N-ethyl adjacent to an activating group) is 1. The van der Waals surface area contributed by atoms with E-state index in [1.54, 1.807) is 13.2 Å². The first-order valence-electron chi connectivity index (χ1n) is 10.0. The van der Waals surface area contributed by atoms with Gasteiger partial charge in [0.1, 0.15) is 29.9 Å². The number of ether oxygens (including phenoxy) is 1. The Morgan fingerprint density at radius 2 is 2.07 bits per heavy atom. The highest BCUT2D eigenvalue weighted by Crippen LogP contribution is 2.31. The molecule has 2 saturated heterocycles. The van der Waals surface area contributed by atoms with Crippen molar-refractivity contribution in [2.45, 2.75) is 81.1 Å². The van der Waals surface area contributed by atoms with Crippen molar-refractivity contribution in [1.82, 2.24) is 10.2 Å². The number of aliphatic hydroxyl groups is 3. The Balaban J connectivity index is 2.20. The number of thioether (sulfide) groups is 1. The lowest BCUT2D eigenvalue weighted by molar-refractivity contribution is -0.206. The molecule has 4 N–H and O–H groups in total. The van der Waals surface area contributed by atoms with E-state index in [2.05, 4.69) is 22.3 Å². The van der Waals surface area contributed by atoms with Gasteiger partial charge in [0.25, 0.3) is 0 Å². The molecule has 0 aromatic carbocycles. The maximum absolute atomic E-state index is 13.0. The molecule has 0 aromatic heterocycles. The van der Waals surface area contributed by atoms with Gasteiger partial charge in [0.15, 0.2) is 0 Å². The van der Waals surface area contributed by atoms with Crippen LogP contribution in [-0.2, 0) is 9.53 Å². The Morgan fingerprint density at radius 1 is 1.38 bits per heavy atom. The first-order valence-corrected chi connectivity index (χ1v) is 11.3. The molecule has 0 aliphatic carbocycles. The fourth-order valence-corrected chi connectivity index (χ4v) is 4.96. The van der Waals surface area contributed by atoms with Crippen molar-refractivity contribution in [1.29, 1.82) is 0 Å². The lowest BCUT2D eigenvalue weighted by atomic mass is 9.91. The summed E-state index contributed by atoms with van der Waals surface area (Å²) in [5.74, 6) is 0.219. The molecule has 2 heterocycles. The Morgan fingerprint density at radius 3 is 2.66 bits per heavy atom. The third-order valence-electron chi connectivity index (χ3n) is 5.89. The Labute approximate surface area is 175 Å². The largest absolute Gasteiger partial charge is 0.388 e. The number of likely N-dealkylation sites (tertiary alicyclic amines) is 1. The van der Waals surface area contributed by atoms with Crippen molar-refractivity contribution < 1.29 is 24.9 Å². The van der Waals surface area contributed by atoms with E-state index in [0.717, 1.165) is 25.8 Å². The molecule has 2 rings (SSSR count). The van der Waals surface area contributed by atoms with E-state index in [-0.39, 0.29) is 11.9 Å². The van der Waals surface area contributed by atoms with E-state index < -0.39 is 41.9 Å². The van der Waals surface area contributed by atoms with Crippen LogP contribution >= 0.6 is 11.8 Å². The van der Waals surface area contributed by atoms with Crippen LogP contribution in [0.3, 0.4) is 0 Å². The van der Waals surface area contributed by atoms with Gasteiger partial charge < -0.3 is 25.4 Å². The summed E-state index contributed by atoms with van der Waals surface area (Å²) in [6.07, 6.45) is -0.621. The van der Waals surface area contributed by atoms with E-state index in [4.69, 9.17) is 10.3 Å². The quantitative estimate of drug-likeness (QED) is 0.248. The van der Waals surface area contributed by atoms with E-state index in [1.807, 2.05) is 11.9 Å². The van der Waals surface area contributed by atoms with Gasteiger partial charge in [0, 0.05) is 11.5 Å². The highest BCUT2D eigenvalue weighted by molar-refractivity contribution is 7.99. The number of carbonyl (C=O) groups excluding carboxylic acids is 1. The molecule has 166 valence electrons. The molecular formula is C18H33N5O5S. The highest BCUT2D eigenvalue weighted by atomic mass is 32.2. The Hall–Kier alpha value is -1.07. The van der Waals surface area contributed by atoms with Gasteiger partial charge in [-0.1, -0.05) is 25.4 Å². The van der Waals surface area contributed by atoms with Crippen molar-refractivity contribution in [2.75, 3.05) is 19.8 Å². The lowest BCUT2D eigenvalue weighted by Crippen LogP contribution is -2.65. The molecule has 0 bridgehead atoms. The molecule has 2 aliphatic rings. The second kappa shape index (κ2) is 10.8. The minimum Gasteiger partial charge on any atom is -0.388 e. The molecule has 0 spiro atoms. The predicted molar refractivity (Wildman–Crippen MR) is 110 cm³/mol. The fraction of sp³-hybridized carbons (Fsp3) is 0.944. The normalized spacial score (nSPS) is 37.6. The standard InChI is InChI=1S/C18H33N5O5S/c1-5-6-10-7-11(23(3)8-10)17(27)20-12(9(2)21-22-19)16-14(25)13(24)15(26)18(28-16)29-4/h9-16,18,24-26H,5-8H2,1-4H3,(H,20,27)/t9-,10+,11-,12+,13-,14+,15+,16+,18+/m0/s1. The third kappa shape index (κ3) is 5.55. The zero-order valence-electron chi connectivity index (χ0n) is 17.4. The zero-order chi connectivity index (χ0) is 21.7. The van der Waals surface area contributed by atoms with Crippen LogP contribution in [-0.4, -0.2) is 94.0 Å². The van der Waals surface area contributed by atoms with Gasteiger partial charge in [0.2, 0.25) is 5.91 Å². The number of rotatable bonds is 8. The summed E-state index contributed by atoms with van der Waals surface area (Å²) in [4.78, 5) is 17.9. The summed E-state index contributed by atoms with van der Waals surface area (Å²) in [6.45, 7) is 4.57. The molecule has 2 aliphatic heterocycles. The van der Waals surface area contributed by atoms with Crippen LogP contribution in [0.25, 0.3) is 10.4 Å². The SMILES string of the molecule is CCC[C@@H]1C[C@@H](C(=O)N[C@@H]([C@H]2O[C@H](SC)[C@H](O)[C@@H](O)[C@H]2O)[C@H](C)N=[N+]=[N-])N(C)C1. The van der Waals surface area contributed by atoms with Crippen LogP contribution in [0.1, 0.15) is 33.1 Å². The van der Waals surface area contributed by atoms with Gasteiger partial charge in [-0.15, -0.1) is 11.8 Å². The van der Waals surface area contributed by atoms with Gasteiger partial charge in [-0.25, -0.2) is 0 Å². The van der Waals surface area contributed by atoms with Gasteiger partial charge in [-0.05, 0) is 37.6 Å². The average Bonchev–Trinajstić information content (AvgIpc) is 3.05. The van der Waals surface area contributed by atoms with Gasteiger partial charge >= 0.3 is 0 Å². The molecule has 11 heteroatoms. The Bertz CT molecular complexity index is 605. The molecule has 0 unspecified atom stereocenters. The van der Waals surface area contributed by atoms with Crippen LogP contribution < -0.4 is 5.32 Å². The van der Waals surface area contributed by atoms with Crippen molar-refractivity contribution in [3.8, 4) is 0 Å². The van der Waals surface area contributed by atoms with E-state index in [0.29, 0.717) is 5.92 Å². The highest BCUT2D eigenvalue weighted by Gasteiger charge is 2.48. The van der Waals surface area contributed by atoms with Gasteiger partial charge in [-0.2, -0.15) is 0 Å². The van der Waals surface area contributed by atoms with Crippen LogP contribution in [0.5, 0.6) is 0 Å². The molecule has 0 radical (unpaired) electrons. The summed E-state index contributed by atoms with van der Waals surface area (Å²) in [6, 6.07) is -1.91. The first-order chi connectivity index (χ1) is 13.7. The maximum atomic E-state index is 13.0. The van der Waals surface area contributed by atoms with Gasteiger partial charge in [-0.3, -0.25) is 9.69 Å². The number of nitrogens with one attached hydrogen (secondary N) is 1. The molecule has 29 heavy (non-hydrogen) atoms. The summed E-state index contributed by atoms with van der Waals surface area (Å²) >= 11 is 1.19. The van der Waals surface area contributed by atoms with E-state index in [9.17, 15) is 20.1 Å².